The van der Waals surface area contributed by atoms with Crippen molar-refractivity contribution in [3.05, 3.63) is 58.1 Å². The molecule has 22 heavy (non-hydrogen) atoms. The maximum absolute atomic E-state index is 12.3. The van der Waals surface area contributed by atoms with E-state index in [1.54, 1.807) is 19.1 Å². The van der Waals surface area contributed by atoms with Crippen molar-refractivity contribution in [1.29, 1.82) is 5.26 Å². The molecule has 0 saturated heterocycles. The number of carbonyl (C=O) groups excluding carboxylic acids is 1. The van der Waals surface area contributed by atoms with Gasteiger partial charge in [0, 0.05) is 6.07 Å². The molecule has 0 saturated carbocycles. The van der Waals surface area contributed by atoms with Gasteiger partial charge in [-0.15, -0.1) is 0 Å². The molecule has 0 radical (unpaired) electrons. The average molecular weight is 316 g/mol. The number of rotatable bonds is 4. The second-order valence-electron chi connectivity index (χ2n) is 4.53. The molecule has 5 heteroatoms. The highest BCUT2D eigenvalue weighted by Crippen LogP contribution is 2.37. The quantitative estimate of drug-likeness (QED) is 0.628. The largest absolute Gasteiger partial charge is 0.490 e. The smallest absolute Gasteiger partial charge is 0.343 e. The number of benzene rings is 2. The van der Waals surface area contributed by atoms with E-state index in [9.17, 15) is 4.79 Å². The molecule has 0 unspecified atom stereocenters. The summed E-state index contributed by atoms with van der Waals surface area (Å²) in [6.45, 7) is 3.97. The summed E-state index contributed by atoms with van der Waals surface area (Å²) in [5.41, 5.74) is 1.59. The zero-order valence-corrected chi connectivity index (χ0v) is 13.0. The predicted octanol–water partition coefficient (Wildman–Crippen LogP) is 4.14. The minimum Gasteiger partial charge on any atom is -0.490 e. The maximum Gasteiger partial charge on any atom is 0.343 e. The summed E-state index contributed by atoms with van der Waals surface area (Å²) in [6.07, 6.45) is 0. The number of nitriles is 1. The first-order valence-corrected chi connectivity index (χ1v) is 7.08. The standard InChI is InChI=1S/C17H14ClNO3/c1-3-21-15-9-12(10-19)8-14(18)16(15)22-17(20)13-7-5-4-6-11(13)2/h4-9H,3H2,1-2H3. The Morgan fingerprint density at radius 3 is 2.68 bits per heavy atom. The van der Waals surface area contributed by atoms with Crippen LogP contribution in [0.25, 0.3) is 0 Å². The second kappa shape index (κ2) is 6.97. The van der Waals surface area contributed by atoms with Gasteiger partial charge < -0.3 is 9.47 Å². The van der Waals surface area contributed by atoms with Gasteiger partial charge in [-0.25, -0.2) is 4.79 Å². The first-order chi connectivity index (χ1) is 10.6. The van der Waals surface area contributed by atoms with Crippen LogP contribution in [0, 0.1) is 18.3 Å². The first-order valence-electron chi connectivity index (χ1n) is 6.71. The van der Waals surface area contributed by atoms with Gasteiger partial charge in [0.05, 0.1) is 28.8 Å². The summed E-state index contributed by atoms with van der Waals surface area (Å²) in [7, 11) is 0. The Hall–Kier alpha value is -2.51. The summed E-state index contributed by atoms with van der Waals surface area (Å²) >= 11 is 6.11. The van der Waals surface area contributed by atoms with Crippen LogP contribution in [0.5, 0.6) is 11.5 Å². The van der Waals surface area contributed by atoms with E-state index in [0.717, 1.165) is 5.56 Å². The lowest BCUT2D eigenvalue weighted by atomic mass is 10.1. The van der Waals surface area contributed by atoms with Crippen LogP contribution < -0.4 is 9.47 Å². The Labute approximate surface area is 133 Å². The topological polar surface area (TPSA) is 59.3 Å². The van der Waals surface area contributed by atoms with Gasteiger partial charge in [-0.3, -0.25) is 0 Å². The van der Waals surface area contributed by atoms with E-state index >= 15 is 0 Å². The second-order valence-corrected chi connectivity index (χ2v) is 4.94. The number of halogens is 1. The summed E-state index contributed by atoms with van der Waals surface area (Å²) in [6, 6.07) is 12.0. The molecule has 0 bridgehead atoms. The molecule has 0 aliphatic heterocycles. The third-order valence-corrected chi connectivity index (χ3v) is 3.28. The highest BCUT2D eigenvalue weighted by molar-refractivity contribution is 6.32. The fourth-order valence-corrected chi connectivity index (χ4v) is 2.19. The van der Waals surface area contributed by atoms with E-state index in [-0.39, 0.29) is 16.5 Å². The molecule has 0 N–H and O–H groups in total. The van der Waals surface area contributed by atoms with E-state index in [0.29, 0.717) is 17.7 Å². The Morgan fingerprint density at radius 1 is 1.32 bits per heavy atom. The van der Waals surface area contributed by atoms with Gasteiger partial charge >= 0.3 is 5.97 Å². The number of carbonyl (C=O) groups is 1. The number of aryl methyl sites for hydroxylation is 1. The van der Waals surface area contributed by atoms with Crippen molar-refractivity contribution in [2.75, 3.05) is 6.61 Å². The zero-order chi connectivity index (χ0) is 16.1. The summed E-state index contributed by atoms with van der Waals surface area (Å²) in [5, 5.41) is 9.13. The Morgan fingerprint density at radius 2 is 2.05 bits per heavy atom. The van der Waals surface area contributed by atoms with Crippen LogP contribution in [-0.2, 0) is 0 Å². The number of nitrogens with zero attached hydrogens (tertiary/aromatic N) is 1. The lowest BCUT2D eigenvalue weighted by Gasteiger charge is -2.13. The van der Waals surface area contributed by atoms with Crippen molar-refractivity contribution in [1.82, 2.24) is 0 Å². The molecule has 0 fully saturated rings. The molecule has 2 aromatic carbocycles. The van der Waals surface area contributed by atoms with Crippen molar-refractivity contribution in [3.8, 4) is 17.6 Å². The fraction of sp³-hybridized carbons (Fsp3) is 0.176. The van der Waals surface area contributed by atoms with Gasteiger partial charge in [-0.1, -0.05) is 29.8 Å². The Bertz CT molecular complexity index is 750. The van der Waals surface area contributed by atoms with Gasteiger partial charge in [0.1, 0.15) is 0 Å². The molecule has 2 aromatic rings. The molecular weight excluding hydrogens is 302 g/mol. The first kappa shape index (κ1) is 15.9. The summed E-state index contributed by atoms with van der Waals surface area (Å²) < 4.78 is 10.8. The average Bonchev–Trinajstić information content (AvgIpc) is 2.50. The molecule has 4 nitrogen and oxygen atoms in total. The molecule has 0 heterocycles. The van der Waals surface area contributed by atoms with Crippen molar-refractivity contribution >= 4 is 17.6 Å². The van der Waals surface area contributed by atoms with Crippen LogP contribution in [0.2, 0.25) is 5.02 Å². The van der Waals surface area contributed by atoms with Crippen molar-refractivity contribution in [2.45, 2.75) is 13.8 Å². The van der Waals surface area contributed by atoms with Gasteiger partial charge in [-0.2, -0.15) is 5.26 Å². The zero-order valence-electron chi connectivity index (χ0n) is 12.2. The van der Waals surface area contributed by atoms with Crippen molar-refractivity contribution in [3.63, 3.8) is 0 Å². The lowest BCUT2D eigenvalue weighted by molar-refractivity contribution is 0.0727. The summed E-state index contributed by atoms with van der Waals surface area (Å²) in [4.78, 5) is 12.3. The molecule has 0 aliphatic rings. The van der Waals surface area contributed by atoms with Crippen LogP contribution in [0.4, 0.5) is 0 Å². The van der Waals surface area contributed by atoms with E-state index < -0.39 is 5.97 Å². The van der Waals surface area contributed by atoms with Gasteiger partial charge in [0.15, 0.2) is 11.5 Å². The SMILES string of the molecule is CCOc1cc(C#N)cc(Cl)c1OC(=O)c1ccccc1C. The molecule has 2 rings (SSSR count). The van der Waals surface area contributed by atoms with Crippen molar-refractivity contribution < 1.29 is 14.3 Å². The molecule has 0 aliphatic carbocycles. The van der Waals surface area contributed by atoms with Crippen molar-refractivity contribution in [2.24, 2.45) is 0 Å². The highest BCUT2D eigenvalue weighted by atomic mass is 35.5. The van der Waals surface area contributed by atoms with Crippen LogP contribution >= 0.6 is 11.6 Å². The molecule has 0 aromatic heterocycles. The van der Waals surface area contributed by atoms with Crippen LogP contribution in [0.1, 0.15) is 28.4 Å². The van der Waals surface area contributed by atoms with E-state index in [1.807, 2.05) is 25.1 Å². The highest BCUT2D eigenvalue weighted by Gasteiger charge is 2.18. The monoisotopic (exact) mass is 315 g/mol. The molecule has 0 spiro atoms. The molecule has 0 atom stereocenters. The number of hydrogen-bond acceptors (Lipinski definition) is 4. The van der Waals surface area contributed by atoms with Crippen LogP contribution in [-0.4, -0.2) is 12.6 Å². The normalized spacial score (nSPS) is 9.91. The lowest BCUT2D eigenvalue weighted by Crippen LogP contribution is -2.11. The Balaban J connectivity index is 2.39. The van der Waals surface area contributed by atoms with Crippen LogP contribution in [0.3, 0.4) is 0 Å². The minimum absolute atomic E-state index is 0.121. The minimum atomic E-state index is -0.523. The van der Waals surface area contributed by atoms with Gasteiger partial charge in [0.2, 0.25) is 0 Å². The predicted molar refractivity (Wildman–Crippen MR) is 83.5 cm³/mol. The number of esters is 1. The number of hydrogen-bond donors (Lipinski definition) is 0. The number of ether oxygens (including phenoxy) is 2. The molecule has 112 valence electrons. The maximum atomic E-state index is 12.3. The van der Waals surface area contributed by atoms with E-state index in [2.05, 4.69) is 0 Å². The van der Waals surface area contributed by atoms with Crippen LogP contribution in [0.15, 0.2) is 36.4 Å². The molecule has 0 amide bonds. The summed E-state index contributed by atoms with van der Waals surface area (Å²) in [5.74, 6) is -0.130. The molecular formula is C17H14ClNO3. The third kappa shape index (κ3) is 3.38. The van der Waals surface area contributed by atoms with Gasteiger partial charge in [-0.05, 0) is 31.5 Å². The third-order valence-electron chi connectivity index (χ3n) is 3.00. The fourth-order valence-electron chi connectivity index (χ4n) is 1.94. The van der Waals surface area contributed by atoms with E-state index in [4.69, 9.17) is 26.3 Å². The Kier molecular flexibility index (Phi) is 5.03. The van der Waals surface area contributed by atoms with Gasteiger partial charge in [0.25, 0.3) is 0 Å². The van der Waals surface area contributed by atoms with E-state index in [1.165, 1.54) is 12.1 Å².